The highest BCUT2D eigenvalue weighted by atomic mass is 32.1. The van der Waals surface area contributed by atoms with Crippen molar-refractivity contribution in [2.24, 2.45) is 0 Å². The van der Waals surface area contributed by atoms with Crippen LogP contribution in [0, 0.1) is 0 Å². The highest BCUT2D eigenvalue weighted by Gasteiger charge is 2.03. The van der Waals surface area contributed by atoms with Crippen LogP contribution in [0.15, 0.2) is 35.7 Å². The topological polar surface area (TPSA) is 28.2 Å². The molecular formula is C16H23N3S. The van der Waals surface area contributed by atoms with Gasteiger partial charge in [0.05, 0.1) is 5.69 Å². The molecule has 0 aliphatic carbocycles. The Kier molecular flexibility index (Phi) is 6.18. The average Bonchev–Trinajstić information content (AvgIpc) is 2.92. The van der Waals surface area contributed by atoms with E-state index in [1.807, 2.05) is 6.07 Å². The van der Waals surface area contributed by atoms with E-state index in [4.69, 9.17) is 0 Å². The second-order valence-corrected chi connectivity index (χ2v) is 6.12. The number of unbranched alkanes of at least 4 members (excludes halogenated alkanes) is 1. The third-order valence-electron chi connectivity index (χ3n) is 3.11. The van der Waals surface area contributed by atoms with Crippen molar-refractivity contribution in [1.82, 2.24) is 15.2 Å². The molecule has 0 fully saturated rings. The van der Waals surface area contributed by atoms with Crippen LogP contribution in [0.2, 0.25) is 0 Å². The number of nitrogens with zero attached hydrogens (tertiary/aromatic N) is 2. The van der Waals surface area contributed by atoms with Crippen LogP contribution in [0.3, 0.4) is 0 Å². The zero-order valence-corrected chi connectivity index (χ0v) is 13.1. The fourth-order valence-corrected chi connectivity index (χ4v) is 2.78. The Labute approximate surface area is 125 Å². The summed E-state index contributed by atoms with van der Waals surface area (Å²) in [5.41, 5.74) is 2.28. The largest absolute Gasteiger partial charge is 0.310 e. The molecule has 1 N–H and O–H groups in total. The van der Waals surface area contributed by atoms with Gasteiger partial charge in [0.25, 0.3) is 0 Å². The molecule has 0 spiro atoms. The van der Waals surface area contributed by atoms with E-state index in [2.05, 4.69) is 58.9 Å². The zero-order chi connectivity index (χ0) is 14.2. The minimum Gasteiger partial charge on any atom is -0.310 e. The first-order chi connectivity index (χ1) is 9.75. The molecule has 0 aliphatic heterocycles. The monoisotopic (exact) mass is 289 g/mol. The summed E-state index contributed by atoms with van der Waals surface area (Å²) in [5.74, 6) is 0. The summed E-state index contributed by atoms with van der Waals surface area (Å²) < 4.78 is 0. The van der Waals surface area contributed by atoms with Crippen LogP contribution in [0.25, 0.3) is 11.3 Å². The SMILES string of the molecule is CN(C)CCCCNCc1nc(-c2ccccc2)cs1. The van der Waals surface area contributed by atoms with Crippen LogP contribution in [-0.4, -0.2) is 37.1 Å². The minimum atomic E-state index is 0.874. The van der Waals surface area contributed by atoms with E-state index < -0.39 is 0 Å². The number of rotatable bonds is 8. The molecule has 0 atom stereocenters. The number of hydrogen-bond acceptors (Lipinski definition) is 4. The quantitative estimate of drug-likeness (QED) is 0.756. The minimum absolute atomic E-state index is 0.874. The van der Waals surface area contributed by atoms with Crippen molar-refractivity contribution in [3.8, 4) is 11.3 Å². The third kappa shape index (κ3) is 5.04. The molecule has 0 radical (unpaired) electrons. The number of thiazole rings is 1. The lowest BCUT2D eigenvalue weighted by atomic mass is 10.2. The van der Waals surface area contributed by atoms with E-state index in [9.17, 15) is 0 Å². The van der Waals surface area contributed by atoms with E-state index in [-0.39, 0.29) is 0 Å². The molecule has 1 heterocycles. The number of hydrogen-bond donors (Lipinski definition) is 1. The first-order valence-corrected chi connectivity index (χ1v) is 7.99. The second kappa shape index (κ2) is 8.15. The van der Waals surface area contributed by atoms with E-state index in [1.165, 1.54) is 18.4 Å². The summed E-state index contributed by atoms with van der Waals surface area (Å²) in [4.78, 5) is 6.90. The van der Waals surface area contributed by atoms with Gasteiger partial charge in [-0.05, 0) is 40.0 Å². The molecule has 1 aromatic heterocycles. The molecule has 0 unspecified atom stereocenters. The molecule has 20 heavy (non-hydrogen) atoms. The van der Waals surface area contributed by atoms with Gasteiger partial charge in [-0.25, -0.2) is 4.98 Å². The van der Waals surface area contributed by atoms with Gasteiger partial charge in [0.15, 0.2) is 0 Å². The van der Waals surface area contributed by atoms with Gasteiger partial charge in [-0.3, -0.25) is 0 Å². The van der Waals surface area contributed by atoms with Crippen molar-refractivity contribution in [1.29, 1.82) is 0 Å². The summed E-state index contributed by atoms with van der Waals surface area (Å²) in [7, 11) is 4.24. The predicted molar refractivity (Wildman–Crippen MR) is 87.0 cm³/mol. The molecule has 0 saturated carbocycles. The predicted octanol–water partition coefficient (Wildman–Crippen LogP) is 3.24. The smallest absolute Gasteiger partial charge is 0.107 e. The van der Waals surface area contributed by atoms with Crippen LogP contribution in [0.1, 0.15) is 17.8 Å². The number of benzene rings is 1. The maximum atomic E-state index is 4.67. The third-order valence-corrected chi connectivity index (χ3v) is 3.96. The molecule has 2 rings (SSSR count). The van der Waals surface area contributed by atoms with Gasteiger partial charge in [0.2, 0.25) is 0 Å². The van der Waals surface area contributed by atoms with Gasteiger partial charge >= 0.3 is 0 Å². The summed E-state index contributed by atoms with van der Waals surface area (Å²) in [6, 6.07) is 10.3. The van der Waals surface area contributed by atoms with Crippen LogP contribution < -0.4 is 5.32 Å². The van der Waals surface area contributed by atoms with Crippen molar-refractivity contribution < 1.29 is 0 Å². The standard InChI is InChI=1S/C16H23N3S/c1-19(2)11-7-6-10-17-12-16-18-15(13-20-16)14-8-4-3-5-9-14/h3-5,8-9,13,17H,6-7,10-12H2,1-2H3. The van der Waals surface area contributed by atoms with Gasteiger partial charge in [-0.1, -0.05) is 30.3 Å². The number of aromatic nitrogens is 1. The van der Waals surface area contributed by atoms with E-state index in [0.717, 1.165) is 30.3 Å². The van der Waals surface area contributed by atoms with Crippen LogP contribution >= 0.6 is 11.3 Å². The van der Waals surface area contributed by atoms with Gasteiger partial charge < -0.3 is 10.2 Å². The molecular weight excluding hydrogens is 266 g/mol. The van der Waals surface area contributed by atoms with Crippen molar-refractivity contribution in [2.45, 2.75) is 19.4 Å². The van der Waals surface area contributed by atoms with E-state index >= 15 is 0 Å². The van der Waals surface area contributed by atoms with Crippen molar-refractivity contribution >= 4 is 11.3 Å². The first-order valence-electron chi connectivity index (χ1n) is 7.11. The lowest BCUT2D eigenvalue weighted by molar-refractivity contribution is 0.391. The molecule has 0 amide bonds. The van der Waals surface area contributed by atoms with Crippen molar-refractivity contribution in [2.75, 3.05) is 27.2 Å². The fraction of sp³-hybridized carbons (Fsp3) is 0.438. The Morgan fingerprint density at radius 1 is 1.15 bits per heavy atom. The first kappa shape index (κ1) is 15.2. The summed E-state index contributed by atoms with van der Waals surface area (Å²) in [6.45, 7) is 3.10. The van der Waals surface area contributed by atoms with Gasteiger partial charge in [0.1, 0.15) is 5.01 Å². The molecule has 0 aliphatic rings. The molecule has 0 saturated heterocycles. The molecule has 0 bridgehead atoms. The van der Waals surface area contributed by atoms with Crippen LogP contribution in [0.5, 0.6) is 0 Å². The highest BCUT2D eigenvalue weighted by Crippen LogP contribution is 2.21. The molecule has 108 valence electrons. The summed E-state index contributed by atoms with van der Waals surface area (Å²) >= 11 is 1.73. The average molecular weight is 289 g/mol. The van der Waals surface area contributed by atoms with E-state index in [0.29, 0.717) is 0 Å². The molecule has 1 aromatic carbocycles. The summed E-state index contributed by atoms with van der Waals surface area (Å²) in [6.07, 6.45) is 2.46. The normalized spacial score (nSPS) is 11.2. The Hall–Kier alpha value is -1.23. The zero-order valence-electron chi connectivity index (χ0n) is 12.3. The van der Waals surface area contributed by atoms with E-state index in [1.54, 1.807) is 11.3 Å². The van der Waals surface area contributed by atoms with Crippen molar-refractivity contribution in [3.05, 3.63) is 40.7 Å². The Bertz CT molecular complexity index is 493. The van der Waals surface area contributed by atoms with Crippen LogP contribution in [0.4, 0.5) is 0 Å². The maximum absolute atomic E-state index is 4.67. The lowest BCUT2D eigenvalue weighted by Gasteiger charge is -2.08. The lowest BCUT2D eigenvalue weighted by Crippen LogP contribution is -2.18. The van der Waals surface area contributed by atoms with Gasteiger partial charge in [-0.2, -0.15) is 0 Å². The van der Waals surface area contributed by atoms with Gasteiger partial charge in [0, 0.05) is 17.5 Å². The maximum Gasteiger partial charge on any atom is 0.107 e. The summed E-state index contributed by atoms with van der Waals surface area (Å²) in [5, 5.41) is 6.77. The van der Waals surface area contributed by atoms with Gasteiger partial charge in [-0.15, -0.1) is 11.3 Å². The highest BCUT2D eigenvalue weighted by molar-refractivity contribution is 7.09. The second-order valence-electron chi connectivity index (χ2n) is 5.18. The Morgan fingerprint density at radius 2 is 1.95 bits per heavy atom. The molecule has 3 nitrogen and oxygen atoms in total. The molecule has 4 heteroatoms. The number of nitrogens with one attached hydrogen (secondary N) is 1. The van der Waals surface area contributed by atoms with Crippen molar-refractivity contribution in [3.63, 3.8) is 0 Å². The Morgan fingerprint density at radius 3 is 2.70 bits per heavy atom. The fourth-order valence-electron chi connectivity index (χ4n) is 2.01. The van der Waals surface area contributed by atoms with Crippen LogP contribution in [-0.2, 0) is 6.54 Å². The molecule has 2 aromatic rings. The Balaban J connectivity index is 1.71.